The molecule has 0 radical (unpaired) electrons. The van der Waals surface area contributed by atoms with Crippen LogP contribution in [0.25, 0.3) is 22.6 Å². The lowest BCUT2D eigenvalue weighted by atomic mass is 9.93. The maximum absolute atomic E-state index is 4.95. The molecule has 0 saturated heterocycles. The number of fused-ring (bicyclic) bond motifs is 2. The Kier molecular flexibility index (Phi) is 4.35. The molecule has 4 aromatic rings. The second-order valence-electron chi connectivity index (χ2n) is 7.20. The SMILES string of the molecule is CN1c2ccccc2C=C(c2ccc3ccccc3n2)C1C#Cc1ccccc1. The number of aromatic nitrogens is 1. The summed E-state index contributed by atoms with van der Waals surface area (Å²) in [5.41, 5.74) is 6.49. The summed E-state index contributed by atoms with van der Waals surface area (Å²) in [7, 11) is 2.11. The van der Waals surface area contributed by atoms with E-state index in [2.05, 4.69) is 78.4 Å². The molecule has 2 heteroatoms. The zero-order chi connectivity index (χ0) is 19.6. The summed E-state index contributed by atoms with van der Waals surface area (Å²) in [6.45, 7) is 0. The van der Waals surface area contributed by atoms with Crippen molar-refractivity contribution in [3.8, 4) is 11.8 Å². The lowest BCUT2D eigenvalue weighted by Gasteiger charge is -2.33. The van der Waals surface area contributed by atoms with Gasteiger partial charge < -0.3 is 4.90 Å². The Morgan fingerprint density at radius 3 is 2.45 bits per heavy atom. The molecule has 1 atom stereocenters. The van der Waals surface area contributed by atoms with Crippen LogP contribution in [0.2, 0.25) is 0 Å². The van der Waals surface area contributed by atoms with Crippen LogP contribution >= 0.6 is 0 Å². The highest BCUT2D eigenvalue weighted by Gasteiger charge is 2.26. The molecule has 5 rings (SSSR count). The van der Waals surface area contributed by atoms with Crippen LogP contribution in [-0.4, -0.2) is 18.1 Å². The molecule has 0 N–H and O–H groups in total. The number of anilines is 1. The van der Waals surface area contributed by atoms with Gasteiger partial charge in [-0.25, -0.2) is 4.98 Å². The Morgan fingerprint density at radius 1 is 0.793 bits per heavy atom. The van der Waals surface area contributed by atoms with Crippen molar-refractivity contribution in [2.75, 3.05) is 11.9 Å². The van der Waals surface area contributed by atoms with Crippen LogP contribution in [0.15, 0.2) is 91.0 Å². The summed E-state index contributed by atoms with van der Waals surface area (Å²) >= 11 is 0. The molecule has 0 spiro atoms. The van der Waals surface area contributed by atoms with Crippen LogP contribution in [0, 0.1) is 11.8 Å². The molecule has 1 aliphatic rings. The Hall–Kier alpha value is -3.83. The predicted octanol–water partition coefficient (Wildman–Crippen LogP) is 5.65. The van der Waals surface area contributed by atoms with E-state index in [1.165, 1.54) is 11.3 Å². The van der Waals surface area contributed by atoms with Gasteiger partial charge in [-0.3, -0.25) is 0 Å². The molecule has 2 nitrogen and oxygen atoms in total. The molecule has 3 aromatic carbocycles. The van der Waals surface area contributed by atoms with E-state index in [0.29, 0.717) is 0 Å². The second-order valence-corrected chi connectivity index (χ2v) is 7.20. The summed E-state index contributed by atoms with van der Waals surface area (Å²) in [6.07, 6.45) is 2.23. The number of benzene rings is 3. The van der Waals surface area contributed by atoms with Gasteiger partial charge in [0.15, 0.2) is 0 Å². The fraction of sp³-hybridized carbons (Fsp3) is 0.0741. The lowest BCUT2D eigenvalue weighted by Crippen LogP contribution is -2.34. The van der Waals surface area contributed by atoms with E-state index in [-0.39, 0.29) is 6.04 Å². The van der Waals surface area contributed by atoms with E-state index in [1.54, 1.807) is 0 Å². The number of para-hydroxylation sites is 2. The van der Waals surface area contributed by atoms with Gasteiger partial charge in [-0.05, 0) is 42.0 Å². The van der Waals surface area contributed by atoms with Gasteiger partial charge in [0.05, 0.1) is 11.2 Å². The van der Waals surface area contributed by atoms with Crippen molar-refractivity contribution in [2.45, 2.75) is 6.04 Å². The van der Waals surface area contributed by atoms with Crippen molar-refractivity contribution < 1.29 is 0 Å². The van der Waals surface area contributed by atoms with Crippen molar-refractivity contribution in [1.82, 2.24) is 4.98 Å². The van der Waals surface area contributed by atoms with E-state index >= 15 is 0 Å². The van der Waals surface area contributed by atoms with E-state index < -0.39 is 0 Å². The smallest absolute Gasteiger partial charge is 0.118 e. The number of likely N-dealkylation sites (N-methyl/N-ethyl adjacent to an activating group) is 1. The van der Waals surface area contributed by atoms with Gasteiger partial charge >= 0.3 is 0 Å². The Labute approximate surface area is 171 Å². The molecule has 0 bridgehead atoms. The molecule has 0 saturated carbocycles. The minimum atomic E-state index is -0.0706. The topological polar surface area (TPSA) is 16.1 Å². The van der Waals surface area contributed by atoms with Crippen LogP contribution < -0.4 is 4.90 Å². The van der Waals surface area contributed by atoms with Crippen molar-refractivity contribution in [2.24, 2.45) is 0 Å². The molecule has 29 heavy (non-hydrogen) atoms. The van der Waals surface area contributed by atoms with Gasteiger partial charge in [-0.15, -0.1) is 0 Å². The van der Waals surface area contributed by atoms with E-state index in [1.807, 2.05) is 42.5 Å². The lowest BCUT2D eigenvalue weighted by molar-refractivity contribution is 0.918. The normalized spacial score (nSPS) is 15.3. The molecule has 1 aliphatic heterocycles. The molecule has 0 fully saturated rings. The number of nitrogens with zero attached hydrogens (tertiary/aromatic N) is 2. The summed E-state index contributed by atoms with van der Waals surface area (Å²) in [5.74, 6) is 6.85. The van der Waals surface area contributed by atoms with Crippen LogP contribution in [0.5, 0.6) is 0 Å². The minimum absolute atomic E-state index is 0.0706. The Morgan fingerprint density at radius 2 is 1.55 bits per heavy atom. The highest BCUT2D eigenvalue weighted by molar-refractivity contribution is 5.95. The van der Waals surface area contributed by atoms with Crippen molar-refractivity contribution >= 4 is 28.2 Å². The van der Waals surface area contributed by atoms with Crippen LogP contribution in [-0.2, 0) is 0 Å². The van der Waals surface area contributed by atoms with Gasteiger partial charge in [-0.2, -0.15) is 0 Å². The highest BCUT2D eigenvalue weighted by atomic mass is 15.1. The molecule has 0 aliphatic carbocycles. The van der Waals surface area contributed by atoms with Crippen LogP contribution in [0.4, 0.5) is 5.69 Å². The first-order valence-corrected chi connectivity index (χ1v) is 9.76. The molecule has 0 amide bonds. The first-order valence-electron chi connectivity index (χ1n) is 9.76. The Balaban J connectivity index is 1.66. The fourth-order valence-corrected chi connectivity index (χ4v) is 3.81. The number of hydrogen-bond acceptors (Lipinski definition) is 2. The third-order valence-electron chi connectivity index (χ3n) is 5.33. The number of pyridine rings is 1. The summed E-state index contributed by atoms with van der Waals surface area (Å²) < 4.78 is 0. The average Bonchev–Trinajstić information content (AvgIpc) is 2.79. The summed E-state index contributed by atoms with van der Waals surface area (Å²) in [4.78, 5) is 7.20. The predicted molar refractivity (Wildman–Crippen MR) is 122 cm³/mol. The van der Waals surface area contributed by atoms with E-state index in [0.717, 1.165) is 27.7 Å². The molecule has 1 aromatic heterocycles. The largest absolute Gasteiger partial charge is 0.356 e. The monoisotopic (exact) mass is 372 g/mol. The summed E-state index contributed by atoms with van der Waals surface area (Å²) in [5, 5.41) is 1.15. The second kappa shape index (κ2) is 7.30. The fourth-order valence-electron chi connectivity index (χ4n) is 3.81. The standard InChI is InChI=1S/C27H20N2/c1-29-26-14-8-6-12-22(26)19-23(27(29)18-15-20-9-3-2-4-10-20)25-17-16-21-11-5-7-13-24(21)28-25/h2-14,16-17,19,27H,1H3. The van der Waals surface area contributed by atoms with Gasteiger partial charge in [0, 0.05) is 29.3 Å². The molecular formula is C27H20N2. The third kappa shape index (κ3) is 3.28. The Bertz CT molecular complexity index is 1280. The van der Waals surface area contributed by atoms with Gasteiger partial charge in [0.1, 0.15) is 6.04 Å². The minimum Gasteiger partial charge on any atom is -0.356 e. The average molecular weight is 372 g/mol. The third-order valence-corrected chi connectivity index (χ3v) is 5.33. The highest BCUT2D eigenvalue weighted by Crippen LogP contribution is 2.35. The summed E-state index contributed by atoms with van der Waals surface area (Å²) in [6, 6.07) is 31.0. The number of rotatable bonds is 1. The maximum atomic E-state index is 4.95. The van der Waals surface area contributed by atoms with Gasteiger partial charge in [-0.1, -0.05) is 72.5 Å². The van der Waals surface area contributed by atoms with Crippen LogP contribution in [0.1, 0.15) is 16.8 Å². The zero-order valence-corrected chi connectivity index (χ0v) is 16.2. The first kappa shape index (κ1) is 17.3. The number of hydrogen-bond donors (Lipinski definition) is 0. The van der Waals surface area contributed by atoms with Crippen molar-refractivity contribution in [1.29, 1.82) is 0 Å². The molecule has 1 unspecified atom stereocenters. The molecule has 138 valence electrons. The molecular weight excluding hydrogens is 352 g/mol. The van der Waals surface area contributed by atoms with Crippen LogP contribution in [0.3, 0.4) is 0 Å². The van der Waals surface area contributed by atoms with Gasteiger partial charge in [0.25, 0.3) is 0 Å². The zero-order valence-electron chi connectivity index (χ0n) is 16.2. The molecule has 2 heterocycles. The maximum Gasteiger partial charge on any atom is 0.118 e. The van der Waals surface area contributed by atoms with Gasteiger partial charge in [0.2, 0.25) is 0 Å². The van der Waals surface area contributed by atoms with Crippen molar-refractivity contribution in [3.05, 3.63) is 108 Å². The van der Waals surface area contributed by atoms with E-state index in [9.17, 15) is 0 Å². The first-order chi connectivity index (χ1) is 14.3. The quantitative estimate of drug-likeness (QED) is 0.402. The van der Waals surface area contributed by atoms with E-state index in [4.69, 9.17) is 4.98 Å². The van der Waals surface area contributed by atoms with Crippen molar-refractivity contribution in [3.63, 3.8) is 0 Å².